The third-order valence-electron chi connectivity index (χ3n) is 3.28. The number of rotatable bonds is 4. The van der Waals surface area contributed by atoms with Crippen molar-refractivity contribution in [2.75, 3.05) is 0 Å². The van der Waals surface area contributed by atoms with Crippen molar-refractivity contribution in [2.24, 2.45) is 10.2 Å². The van der Waals surface area contributed by atoms with Gasteiger partial charge in [0.05, 0.1) is 0 Å². The second-order valence-corrected chi connectivity index (χ2v) is 4.80. The van der Waals surface area contributed by atoms with Gasteiger partial charge in [-0.3, -0.25) is 0 Å². The zero-order valence-corrected chi connectivity index (χ0v) is 12.3. The predicted molar refractivity (Wildman–Crippen MR) is 83.6 cm³/mol. The van der Waals surface area contributed by atoms with E-state index in [0.717, 1.165) is 11.1 Å². The molecule has 0 unspecified atom stereocenters. The van der Waals surface area contributed by atoms with E-state index in [4.69, 9.17) is 9.26 Å². The lowest BCUT2D eigenvalue weighted by atomic mass is 10.1. The molecular formula is C16H10N6O2. The van der Waals surface area contributed by atoms with Crippen LogP contribution in [0.5, 0.6) is 0 Å². The third-order valence-corrected chi connectivity index (χ3v) is 3.28. The quantitative estimate of drug-likeness (QED) is 0.522. The zero-order chi connectivity index (χ0) is 16.2. The molecule has 0 atom stereocenters. The molecule has 116 valence electrons. The molecular weight excluding hydrogens is 308 g/mol. The van der Waals surface area contributed by atoms with Gasteiger partial charge in [0.1, 0.15) is 0 Å². The highest BCUT2D eigenvalue weighted by atomic mass is 16.6. The average molecular weight is 318 g/mol. The van der Waals surface area contributed by atoms with Gasteiger partial charge < -0.3 is 0 Å². The Hall–Kier alpha value is -3.68. The summed E-state index contributed by atoms with van der Waals surface area (Å²) < 4.78 is 9.54. The van der Waals surface area contributed by atoms with E-state index in [0.29, 0.717) is 11.4 Å². The molecule has 0 saturated carbocycles. The van der Waals surface area contributed by atoms with Crippen LogP contribution in [0.15, 0.2) is 80.2 Å². The smallest absolute Gasteiger partial charge is 0.242 e. The van der Waals surface area contributed by atoms with E-state index < -0.39 is 0 Å². The Bertz CT molecular complexity index is 883. The van der Waals surface area contributed by atoms with Crippen LogP contribution in [0, 0.1) is 0 Å². The second-order valence-electron chi connectivity index (χ2n) is 4.80. The summed E-state index contributed by atoms with van der Waals surface area (Å²) in [6.07, 6.45) is 0. The third kappa shape index (κ3) is 2.68. The maximum absolute atomic E-state index is 4.77. The van der Waals surface area contributed by atoms with Crippen LogP contribution in [0.4, 0.5) is 11.6 Å². The van der Waals surface area contributed by atoms with Gasteiger partial charge in [-0.2, -0.15) is 0 Å². The van der Waals surface area contributed by atoms with Crippen LogP contribution < -0.4 is 0 Å². The van der Waals surface area contributed by atoms with E-state index in [-0.39, 0.29) is 11.6 Å². The van der Waals surface area contributed by atoms with E-state index in [1.165, 1.54) is 0 Å². The van der Waals surface area contributed by atoms with Gasteiger partial charge in [0.2, 0.25) is 11.6 Å². The van der Waals surface area contributed by atoms with Crippen molar-refractivity contribution >= 4 is 11.6 Å². The molecule has 0 radical (unpaired) electrons. The summed E-state index contributed by atoms with van der Waals surface area (Å²) in [5.74, 6) is 0.506. The van der Waals surface area contributed by atoms with Gasteiger partial charge in [0, 0.05) is 11.1 Å². The van der Waals surface area contributed by atoms with Crippen LogP contribution >= 0.6 is 0 Å². The van der Waals surface area contributed by atoms with Gasteiger partial charge in [-0.25, -0.2) is 9.26 Å². The van der Waals surface area contributed by atoms with E-state index in [2.05, 4.69) is 30.9 Å². The first-order valence-electron chi connectivity index (χ1n) is 7.09. The Balaban J connectivity index is 1.67. The molecule has 0 saturated heterocycles. The van der Waals surface area contributed by atoms with Crippen molar-refractivity contribution in [3.63, 3.8) is 0 Å². The summed E-state index contributed by atoms with van der Waals surface area (Å²) in [7, 11) is 0. The number of hydrogen-bond donors (Lipinski definition) is 0. The highest BCUT2D eigenvalue weighted by molar-refractivity contribution is 5.69. The summed E-state index contributed by atoms with van der Waals surface area (Å²) in [5.41, 5.74) is 2.65. The van der Waals surface area contributed by atoms with Crippen molar-refractivity contribution in [3.8, 4) is 22.5 Å². The monoisotopic (exact) mass is 318 g/mol. The molecule has 0 amide bonds. The molecule has 2 aromatic heterocycles. The maximum atomic E-state index is 4.77. The molecule has 4 rings (SSSR count). The normalized spacial score (nSPS) is 11.2. The van der Waals surface area contributed by atoms with E-state index in [9.17, 15) is 0 Å². The highest BCUT2D eigenvalue weighted by Gasteiger charge is 2.14. The number of aromatic nitrogens is 4. The number of azo groups is 1. The van der Waals surface area contributed by atoms with Crippen LogP contribution in [0.3, 0.4) is 0 Å². The van der Waals surface area contributed by atoms with Crippen molar-refractivity contribution in [3.05, 3.63) is 60.7 Å². The number of benzene rings is 2. The van der Waals surface area contributed by atoms with Crippen molar-refractivity contribution in [1.82, 2.24) is 20.6 Å². The molecule has 2 aromatic carbocycles. The average Bonchev–Trinajstić information content (AvgIpc) is 3.30. The summed E-state index contributed by atoms with van der Waals surface area (Å²) in [4.78, 5) is 0. The Morgan fingerprint density at radius 3 is 1.38 bits per heavy atom. The number of nitrogens with zero attached hydrogens (tertiary/aromatic N) is 6. The molecule has 8 nitrogen and oxygen atoms in total. The summed E-state index contributed by atoms with van der Waals surface area (Å²) in [6.45, 7) is 0. The molecule has 0 N–H and O–H groups in total. The fourth-order valence-electron chi connectivity index (χ4n) is 2.15. The molecule has 0 aliphatic carbocycles. The molecule has 0 aliphatic heterocycles. The molecule has 0 aliphatic rings. The summed E-state index contributed by atoms with van der Waals surface area (Å²) in [5, 5.41) is 23.4. The second kappa shape index (κ2) is 6.21. The Kier molecular flexibility index (Phi) is 3.61. The van der Waals surface area contributed by atoms with Gasteiger partial charge in [-0.05, 0) is 20.6 Å². The summed E-state index contributed by atoms with van der Waals surface area (Å²) in [6, 6.07) is 18.9. The first-order valence-corrected chi connectivity index (χ1v) is 7.09. The Morgan fingerprint density at radius 2 is 0.958 bits per heavy atom. The van der Waals surface area contributed by atoms with Crippen LogP contribution in [0.2, 0.25) is 0 Å². The minimum atomic E-state index is 0.253. The molecule has 2 heterocycles. The molecule has 4 aromatic rings. The first kappa shape index (κ1) is 13.9. The van der Waals surface area contributed by atoms with Gasteiger partial charge in [-0.1, -0.05) is 60.7 Å². The van der Waals surface area contributed by atoms with Crippen LogP contribution in [-0.2, 0) is 0 Å². The zero-order valence-electron chi connectivity index (χ0n) is 12.3. The molecule has 24 heavy (non-hydrogen) atoms. The van der Waals surface area contributed by atoms with Crippen molar-refractivity contribution in [2.45, 2.75) is 0 Å². The Labute approximate surface area is 135 Å². The molecule has 0 fully saturated rings. The topological polar surface area (TPSA) is 103 Å². The number of hydrogen-bond acceptors (Lipinski definition) is 8. The van der Waals surface area contributed by atoms with Crippen molar-refractivity contribution < 1.29 is 9.26 Å². The lowest BCUT2D eigenvalue weighted by Crippen LogP contribution is -1.78. The van der Waals surface area contributed by atoms with E-state index in [1.807, 2.05) is 60.7 Å². The molecule has 0 spiro atoms. The standard InChI is InChI=1S/C16H10N6O2/c1-3-7-11(8-4-1)13-15(21-23-19-13)17-18-16-14(20-24-22-16)12-9-5-2-6-10-12/h1-10H. The van der Waals surface area contributed by atoms with Crippen LogP contribution in [-0.4, -0.2) is 20.6 Å². The molecule has 0 bridgehead atoms. The van der Waals surface area contributed by atoms with Crippen molar-refractivity contribution in [1.29, 1.82) is 0 Å². The SMILES string of the molecule is c1ccc(-c2nonc2N=Nc2nonc2-c2ccccc2)cc1. The predicted octanol–water partition coefficient (Wildman–Crippen LogP) is 4.20. The van der Waals surface area contributed by atoms with Gasteiger partial charge >= 0.3 is 0 Å². The summed E-state index contributed by atoms with van der Waals surface area (Å²) >= 11 is 0. The highest BCUT2D eigenvalue weighted by Crippen LogP contribution is 2.30. The fraction of sp³-hybridized carbons (Fsp3) is 0. The lowest BCUT2D eigenvalue weighted by Gasteiger charge is -1.95. The first-order chi connectivity index (χ1) is 11.9. The van der Waals surface area contributed by atoms with Gasteiger partial charge in [0.15, 0.2) is 11.4 Å². The van der Waals surface area contributed by atoms with E-state index >= 15 is 0 Å². The van der Waals surface area contributed by atoms with E-state index in [1.54, 1.807) is 0 Å². The minimum Gasteiger partial charge on any atom is -0.242 e. The Morgan fingerprint density at radius 1 is 0.542 bits per heavy atom. The van der Waals surface area contributed by atoms with Crippen LogP contribution in [0.1, 0.15) is 0 Å². The largest absolute Gasteiger partial charge is 0.245 e. The maximum Gasteiger partial charge on any atom is 0.245 e. The van der Waals surface area contributed by atoms with Gasteiger partial charge in [0.25, 0.3) is 0 Å². The van der Waals surface area contributed by atoms with Gasteiger partial charge in [-0.15, -0.1) is 10.2 Å². The molecule has 8 heteroatoms. The fourth-order valence-corrected chi connectivity index (χ4v) is 2.15. The van der Waals surface area contributed by atoms with Crippen LogP contribution in [0.25, 0.3) is 22.5 Å². The lowest BCUT2D eigenvalue weighted by molar-refractivity contribution is 0.308. The minimum absolute atomic E-state index is 0.253.